The first-order valence-corrected chi connectivity index (χ1v) is 8.32. The minimum absolute atomic E-state index is 0.0213. The zero-order valence-electron chi connectivity index (χ0n) is 12.9. The number of nitrogens with zero attached hydrogens (tertiary/aromatic N) is 3. The topological polar surface area (TPSA) is 93.0 Å². The van der Waals surface area contributed by atoms with Crippen LogP contribution >= 0.6 is 34.8 Å². The average molecular weight is 411 g/mol. The lowest BCUT2D eigenvalue weighted by molar-refractivity contribution is -0.383. The predicted octanol–water partition coefficient (Wildman–Crippen LogP) is 5.83. The maximum atomic E-state index is 11.6. The van der Waals surface area contributed by atoms with Crippen LogP contribution in [0.1, 0.15) is 0 Å². The van der Waals surface area contributed by atoms with Crippen molar-refractivity contribution in [1.82, 2.24) is 9.97 Å². The van der Waals surface area contributed by atoms with E-state index < -0.39 is 4.92 Å². The molecule has 1 heterocycles. The van der Waals surface area contributed by atoms with Gasteiger partial charge in [-0.3, -0.25) is 10.1 Å². The van der Waals surface area contributed by atoms with Gasteiger partial charge in [0, 0.05) is 10.7 Å². The van der Waals surface area contributed by atoms with Crippen LogP contribution in [0.25, 0.3) is 0 Å². The van der Waals surface area contributed by atoms with Crippen molar-refractivity contribution in [3.05, 3.63) is 74.0 Å². The van der Waals surface area contributed by atoms with Crippen LogP contribution in [0.15, 0.2) is 48.8 Å². The van der Waals surface area contributed by atoms with E-state index in [0.717, 1.165) is 0 Å². The molecular formula is C16H10Cl3N5O2. The van der Waals surface area contributed by atoms with Crippen LogP contribution in [0, 0.1) is 10.1 Å². The summed E-state index contributed by atoms with van der Waals surface area (Å²) in [5.74, 6) is -0.00129. The van der Waals surface area contributed by atoms with Crippen molar-refractivity contribution in [2.45, 2.75) is 0 Å². The van der Waals surface area contributed by atoms with Gasteiger partial charge in [-0.05, 0) is 36.4 Å². The molecule has 2 N–H and O–H groups in total. The summed E-state index contributed by atoms with van der Waals surface area (Å²) < 4.78 is 0. The van der Waals surface area contributed by atoms with Gasteiger partial charge < -0.3 is 10.6 Å². The number of nitro groups is 1. The Labute approximate surface area is 163 Å². The molecule has 0 fully saturated rings. The van der Waals surface area contributed by atoms with E-state index in [2.05, 4.69) is 20.6 Å². The number of benzene rings is 2. The molecule has 0 aliphatic heterocycles. The first-order chi connectivity index (χ1) is 12.5. The number of hydrogen-bond donors (Lipinski definition) is 2. The van der Waals surface area contributed by atoms with Crippen LogP contribution in [-0.4, -0.2) is 14.9 Å². The van der Waals surface area contributed by atoms with Crippen molar-refractivity contribution in [3.8, 4) is 0 Å². The van der Waals surface area contributed by atoms with Gasteiger partial charge in [-0.2, -0.15) is 0 Å². The molecule has 0 saturated carbocycles. The van der Waals surface area contributed by atoms with Crippen molar-refractivity contribution in [1.29, 1.82) is 0 Å². The molecule has 0 saturated heterocycles. The fourth-order valence-electron chi connectivity index (χ4n) is 2.13. The highest BCUT2D eigenvalue weighted by molar-refractivity contribution is 6.43. The number of hydrogen-bond acceptors (Lipinski definition) is 6. The molecule has 2 aromatic carbocycles. The highest BCUT2D eigenvalue weighted by Gasteiger charge is 2.24. The van der Waals surface area contributed by atoms with E-state index in [4.69, 9.17) is 34.8 Å². The fraction of sp³-hybridized carbons (Fsp3) is 0. The Balaban J connectivity index is 1.99. The molecule has 0 spiro atoms. The quantitative estimate of drug-likeness (QED) is 0.406. The Bertz CT molecular complexity index is 967. The lowest BCUT2D eigenvalue weighted by atomic mass is 10.3. The molecule has 3 rings (SSSR count). The summed E-state index contributed by atoms with van der Waals surface area (Å²) in [6.07, 6.45) is 1.20. The van der Waals surface area contributed by atoms with Crippen molar-refractivity contribution < 1.29 is 4.92 Å². The second-order valence-electron chi connectivity index (χ2n) is 5.03. The standard InChI is InChI=1S/C16H10Cl3N5O2/c17-9-4-6-10(7-5-9)22-15-14(24(25)26)16(21-8-20-15)23-12-3-1-2-11(18)13(12)19/h1-8H,(H2,20,21,22,23). The van der Waals surface area contributed by atoms with Crippen LogP contribution in [-0.2, 0) is 0 Å². The average Bonchev–Trinajstić information content (AvgIpc) is 2.61. The van der Waals surface area contributed by atoms with Gasteiger partial charge in [0.25, 0.3) is 0 Å². The molecule has 0 amide bonds. The van der Waals surface area contributed by atoms with Gasteiger partial charge in [0.1, 0.15) is 6.33 Å². The molecule has 132 valence electrons. The van der Waals surface area contributed by atoms with Gasteiger partial charge >= 0.3 is 5.69 Å². The van der Waals surface area contributed by atoms with Gasteiger partial charge in [0.2, 0.25) is 11.6 Å². The molecule has 3 aromatic rings. The van der Waals surface area contributed by atoms with Gasteiger partial charge in [-0.25, -0.2) is 9.97 Å². The third-order valence-corrected chi connectivity index (χ3v) is 4.39. The zero-order valence-corrected chi connectivity index (χ0v) is 15.2. The summed E-state index contributed by atoms with van der Waals surface area (Å²) in [4.78, 5) is 18.9. The SMILES string of the molecule is O=[N+]([O-])c1c(Nc2ccc(Cl)cc2)ncnc1Nc1cccc(Cl)c1Cl. The molecule has 0 atom stereocenters. The van der Waals surface area contributed by atoms with Crippen LogP contribution in [0.3, 0.4) is 0 Å². The minimum atomic E-state index is -0.584. The molecule has 7 nitrogen and oxygen atoms in total. The maximum Gasteiger partial charge on any atom is 0.353 e. The van der Waals surface area contributed by atoms with Crippen molar-refractivity contribution in [2.24, 2.45) is 0 Å². The Morgan fingerprint density at radius 2 is 1.58 bits per heavy atom. The number of nitrogens with one attached hydrogen (secondary N) is 2. The highest BCUT2D eigenvalue weighted by atomic mass is 35.5. The molecule has 0 unspecified atom stereocenters. The van der Waals surface area contributed by atoms with Crippen LogP contribution < -0.4 is 10.6 Å². The number of aromatic nitrogens is 2. The molecule has 10 heteroatoms. The summed E-state index contributed by atoms with van der Waals surface area (Å²) in [6, 6.07) is 11.6. The van der Waals surface area contributed by atoms with Crippen LogP contribution in [0.5, 0.6) is 0 Å². The van der Waals surface area contributed by atoms with E-state index >= 15 is 0 Å². The van der Waals surface area contributed by atoms with E-state index in [0.29, 0.717) is 21.4 Å². The van der Waals surface area contributed by atoms with E-state index in [9.17, 15) is 10.1 Å². The molecule has 0 aliphatic rings. The minimum Gasteiger partial charge on any atom is -0.334 e. The predicted molar refractivity (Wildman–Crippen MR) is 103 cm³/mol. The Morgan fingerprint density at radius 3 is 2.23 bits per heavy atom. The Kier molecular flexibility index (Phi) is 5.41. The van der Waals surface area contributed by atoms with E-state index in [1.807, 2.05) is 0 Å². The highest BCUT2D eigenvalue weighted by Crippen LogP contribution is 2.36. The number of rotatable bonds is 5. The number of anilines is 4. The van der Waals surface area contributed by atoms with Gasteiger partial charge in [-0.15, -0.1) is 0 Å². The van der Waals surface area contributed by atoms with Crippen LogP contribution in [0.4, 0.5) is 28.7 Å². The van der Waals surface area contributed by atoms with Gasteiger partial charge in [-0.1, -0.05) is 40.9 Å². The van der Waals surface area contributed by atoms with E-state index in [1.54, 1.807) is 42.5 Å². The largest absolute Gasteiger partial charge is 0.353 e. The van der Waals surface area contributed by atoms with Crippen molar-refractivity contribution >= 4 is 63.5 Å². The lowest BCUT2D eigenvalue weighted by Gasteiger charge is -2.11. The Hall–Kier alpha value is -2.61. The van der Waals surface area contributed by atoms with Crippen molar-refractivity contribution in [3.63, 3.8) is 0 Å². The molecule has 26 heavy (non-hydrogen) atoms. The van der Waals surface area contributed by atoms with Gasteiger partial charge in [0.15, 0.2) is 0 Å². The first-order valence-electron chi connectivity index (χ1n) is 7.18. The van der Waals surface area contributed by atoms with Crippen molar-refractivity contribution in [2.75, 3.05) is 10.6 Å². The maximum absolute atomic E-state index is 11.6. The molecule has 0 radical (unpaired) electrons. The second-order valence-corrected chi connectivity index (χ2v) is 6.26. The van der Waals surface area contributed by atoms with Crippen LogP contribution in [0.2, 0.25) is 15.1 Å². The van der Waals surface area contributed by atoms with E-state index in [1.165, 1.54) is 6.33 Å². The zero-order chi connectivity index (χ0) is 18.7. The van der Waals surface area contributed by atoms with Gasteiger partial charge in [0.05, 0.1) is 20.7 Å². The third-order valence-electron chi connectivity index (χ3n) is 3.32. The molecular weight excluding hydrogens is 401 g/mol. The smallest absolute Gasteiger partial charge is 0.334 e. The Morgan fingerprint density at radius 1 is 0.923 bits per heavy atom. The molecule has 0 bridgehead atoms. The summed E-state index contributed by atoms with van der Waals surface area (Å²) in [5.41, 5.74) is 0.639. The summed E-state index contributed by atoms with van der Waals surface area (Å²) >= 11 is 17.9. The monoisotopic (exact) mass is 409 g/mol. The second kappa shape index (κ2) is 7.74. The normalized spacial score (nSPS) is 10.4. The summed E-state index contributed by atoms with van der Waals surface area (Å²) in [7, 11) is 0. The first kappa shape index (κ1) is 18.2. The number of halogens is 3. The van der Waals surface area contributed by atoms with E-state index in [-0.39, 0.29) is 22.3 Å². The third kappa shape index (κ3) is 3.96. The molecule has 0 aliphatic carbocycles. The summed E-state index contributed by atoms with van der Waals surface area (Å²) in [5, 5.41) is 18.4. The fourth-order valence-corrected chi connectivity index (χ4v) is 2.61. The lowest BCUT2D eigenvalue weighted by Crippen LogP contribution is -2.05. The summed E-state index contributed by atoms with van der Waals surface area (Å²) in [6.45, 7) is 0. The molecule has 1 aromatic heterocycles.